The van der Waals surface area contributed by atoms with Crippen molar-refractivity contribution in [3.8, 4) is 22.3 Å². The van der Waals surface area contributed by atoms with Crippen LogP contribution in [-0.2, 0) is 4.79 Å². The minimum atomic E-state index is -0.271. The van der Waals surface area contributed by atoms with Gasteiger partial charge in [0.15, 0.2) is 12.4 Å². The summed E-state index contributed by atoms with van der Waals surface area (Å²) in [7, 11) is 0. The van der Waals surface area contributed by atoms with Gasteiger partial charge in [0.05, 0.1) is 12.0 Å². The monoisotopic (exact) mass is 394 g/mol. The minimum absolute atomic E-state index is 0.0927. The molecule has 8 heteroatoms. The highest BCUT2D eigenvalue weighted by atomic mass is 32.1. The number of carbonyl (C=O) groups is 1. The summed E-state index contributed by atoms with van der Waals surface area (Å²) in [5.41, 5.74) is 2.47. The van der Waals surface area contributed by atoms with Crippen molar-refractivity contribution >= 4 is 23.1 Å². The Morgan fingerprint density at radius 3 is 2.89 bits per heavy atom. The van der Waals surface area contributed by atoms with E-state index in [0.29, 0.717) is 22.5 Å². The third-order valence-corrected chi connectivity index (χ3v) is 4.81. The van der Waals surface area contributed by atoms with Gasteiger partial charge in [-0.3, -0.25) is 4.79 Å². The van der Waals surface area contributed by atoms with Gasteiger partial charge in [-0.05, 0) is 37.6 Å². The van der Waals surface area contributed by atoms with Crippen LogP contribution in [0.1, 0.15) is 11.3 Å². The predicted molar refractivity (Wildman–Crippen MR) is 107 cm³/mol. The molecule has 0 aliphatic carbocycles. The number of carbonyl (C=O) groups excluding carboxylic acids is 1. The molecule has 142 valence electrons. The van der Waals surface area contributed by atoms with Crippen molar-refractivity contribution in [1.82, 2.24) is 14.8 Å². The van der Waals surface area contributed by atoms with Gasteiger partial charge in [0.1, 0.15) is 17.3 Å². The lowest BCUT2D eigenvalue weighted by Crippen LogP contribution is -2.22. The van der Waals surface area contributed by atoms with Gasteiger partial charge in [-0.15, -0.1) is 11.3 Å². The molecule has 7 nitrogen and oxygen atoms in total. The fourth-order valence-electron chi connectivity index (χ4n) is 2.67. The lowest BCUT2D eigenvalue weighted by Gasteiger charge is -2.09. The first-order valence-corrected chi connectivity index (χ1v) is 9.53. The summed E-state index contributed by atoms with van der Waals surface area (Å²) < 4.78 is 12.6. The molecule has 0 radical (unpaired) electrons. The first-order valence-electron chi connectivity index (χ1n) is 8.65. The highest BCUT2D eigenvalue weighted by molar-refractivity contribution is 7.12. The van der Waals surface area contributed by atoms with E-state index in [4.69, 9.17) is 9.15 Å². The summed E-state index contributed by atoms with van der Waals surface area (Å²) in [6, 6.07) is 13.0. The second-order valence-electron chi connectivity index (χ2n) is 6.18. The molecule has 0 aliphatic heterocycles. The van der Waals surface area contributed by atoms with Gasteiger partial charge in [-0.2, -0.15) is 9.78 Å². The second-order valence-corrected chi connectivity index (χ2v) is 7.01. The van der Waals surface area contributed by atoms with E-state index in [9.17, 15) is 4.79 Å². The summed E-state index contributed by atoms with van der Waals surface area (Å²) >= 11 is 1.41. The van der Waals surface area contributed by atoms with E-state index in [1.54, 1.807) is 17.0 Å². The Bertz CT molecular complexity index is 1100. The molecule has 1 N–H and O–H groups in total. The molecule has 0 saturated heterocycles. The van der Waals surface area contributed by atoms with Crippen molar-refractivity contribution in [2.24, 2.45) is 0 Å². The van der Waals surface area contributed by atoms with Gasteiger partial charge in [0.25, 0.3) is 5.91 Å². The quantitative estimate of drug-likeness (QED) is 0.529. The number of rotatable bonds is 6. The molecule has 0 spiro atoms. The zero-order chi connectivity index (χ0) is 19.5. The van der Waals surface area contributed by atoms with E-state index in [1.165, 1.54) is 11.3 Å². The van der Waals surface area contributed by atoms with Gasteiger partial charge in [-0.1, -0.05) is 18.2 Å². The number of furan rings is 1. The van der Waals surface area contributed by atoms with Crippen LogP contribution in [0, 0.1) is 13.8 Å². The normalized spacial score (nSPS) is 10.8. The SMILES string of the molecule is Cc1cc(NC(=O)COc2ccccc2C)n(-c2nc(-c3ccco3)cs2)n1. The van der Waals surface area contributed by atoms with Crippen LogP contribution in [0.4, 0.5) is 5.82 Å². The van der Waals surface area contributed by atoms with Crippen LogP contribution in [0.15, 0.2) is 58.5 Å². The maximum Gasteiger partial charge on any atom is 0.263 e. The zero-order valence-corrected chi connectivity index (χ0v) is 16.2. The molecular weight excluding hydrogens is 376 g/mol. The number of amides is 1. The molecule has 0 unspecified atom stereocenters. The largest absolute Gasteiger partial charge is 0.483 e. The summed E-state index contributed by atoms with van der Waals surface area (Å²) in [5.74, 6) is 1.64. The summed E-state index contributed by atoms with van der Waals surface area (Å²) in [4.78, 5) is 16.9. The lowest BCUT2D eigenvalue weighted by molar-refractivity contribution is -0.118. The number of aryl methyl sites for hydroxylation is 2. The molecule has 0 fully saturated rings. The molecule has 1 aromatic carbocycles. The minimum Gasteiger partial charge on any atom is -0.483 e. The Hall–Kier alpha value is -3.39. The van der Waals surface area contributed by atoms with E-state index in [2.05, 4.69) is 15.4 Å². The fourth-order valence-corrected chi connectivity index (χ4v) is 3.45. The van der Waals surface area contributed by atoms with Gasteiger partial charge >= 0.3 is 0 Å². The first kappa shape index (κ1) is 18.0. The van der Waals surface area contributed by atoms with Gasteiger partial charge in [-0.25, -0.2) is 4.98 Å². The standard InChI is InChI=1S/C20H18N4O3S/c1-13-6-3-4-7-16(13)27-11-19(25)22-18-10-14(2)23-24(18)20-21-15(12-28-20)17-8-5-9-26-17/h3-10,12H,11H2,1-2H3,(H,22,25). The average molecular weight is 394 g/mol. The molecule has 0 bridgehead atoms. The number of hydrogen-bond acceptors (Lipinski definition) is 6. The molecule has 4 aromatic rings. The molecule has 0 atom stereocenters. The van der Waals surface area contributed by atoms with Crippen LogP contribution in [0.3, 0.4) is 0 Å². The third kappa shape index (κ3) is 3.81. The molecule has 4 rings (SSSR count). The van der Waals surface area contributed by atoms with Crippen molar-refractivity contribution in [3.05, 3.63) is 65.4 Å². The number of thiazole rings is 1. The third-order valence-electron chi connectivity index (χ3n) is 4.00. The molecule has 3 heterocycles. The highest BCUT2D eigenvalue weighted by Gasteiger charge is 2.15. The lowest BCUT2D eigenvalue weighted by atomic mass is 10.2. The zero-order valence-electron chi connectivity index (χ0n) is 15.4. The molecular formula is C20H18N4O3S. The van der Waals surface area contributed by atoms with Crippen LogP contribution < -0.4 is 10.1 Å². The predicted octanol–water partition coefficient (Wildman–Crippen LogP) is 4.22. The second kappa shape index (κ2) is 7.69. The van der Waals surface area contributed by atoms with E-state index in [-0.39, 0.29) is 12.5 Å². The number of aromatic nitrogens is 3. The van der Waals surface area contributed by atoms with Gasteiger partial charge in [0, 0.05) is 11.4 Å². The van der Waals surface area contributed by atoms with E-state index in [0.717, 1.165) is 17.0 Å². The van der Waals surface area contributed by atoms with Crippen molar-refractivity contribution in [1.29, 1.82) is 0 Å². The smallest absolute Gasteiger partial charge is 0.263 e. The van der Waals surface area contributed by atoms with Crippen molar-refractivity contribution in [2.75, 3.05) is 11.9 Å². The van der Waals surface area contributed by atoms with Crippen LogP contribution in [0.5, 0.6) is 5.75 Å². The molecule has 1 amide bonds. The maximum atomic E-state index is 12.4. The Morgan fingerprint density at radius 1 is 1.25 bits per heavy atom. The number of nitrogens with one attached hydrogen (secondary N) is 1. The molecule has 0 aliphatic rings. The number of benzene rings is 1. The topological polar surface area (TPSA) is 82.2 Å². The average Bonchev–Trinajstić information content (AvgIpc) is 3.41. The van der Waals surface area contributed by atoms with Crippen molar-refractivity contribution in [2.45, 2.75) is 13.8 Å². The van der Waals surface area contributed by atoms with Crippen LogP contribution in [0.25, 0.3) is 16.6 Å². The summed E-state index contributed by atoms with van der Waals surface area (Å²) in [6.07, 6.45) is 1.60. The number of anilines is 1. The number of hydrogen-bond donors (Lipinski definition) is 1. The fraction of sp³-hybridized carbons (Fsp3) is 0.150. The van der Waals surface area contributed by atoms with Crippen molar-refractivity contribution < 1.29 is 13.9 Å². The molecule has 28 heavy (non-hydrogen) atoms. The molecule has 0 saturated carbocycles. The Kier molecular flexibility index (Phi) is 4.94. The maximum absolute atomic E-state index is 12.4. The number of nitrogens with zero attached hydrogens (tertiary/aromatic N) is 3. The summed E-state index contributed by atoms with van der Waals surface area (Å²) in [5, 5.41) is 9.80. The number of ether oxygens (including phenoxy) is 1. The van der Waals surface area contributed by atoms with E-state index in [1.807, 2.05) is 55.6 Å². The van der Waals surface area contributed by atoms with Crippen LogP contribution >= 0.6 is 11.3 Å². The van der Waals surface area contributed by atoms with Crippen LogP contribution in [0.2, 0.25) is 0 Å². The Balaban J connectivity index is 1.49. The van der Waals surface area contributed by atoms with E-state index < -0.39 is 0 Å². The van der Waals surface area contributed by atoms with Crippen molar-refractivity contribution in [3.63, 3.8) is 0 Å². The van der Waals surface area contributed by atoms with Gasteiger partial charge in [0.2, 0.25) is 5.13 Å². The first-order chi connectivity index (χ1) is 13.6. The summed E-state index contributed by atoms with van der Waals surface area (Å²) in [6.45, 7) is 3.70. The number of para-hydroxylation sites is 1. The Morgan fingerprint density at radius 2 is 2.11 bits per heavy atom. The highest BCUT2D eigenvalue weighted by Crippen LogP contribution is 2.26. The Labute approximate surface area is 165 Å². The van der Waals surface area contributed by atoms with Crippen LogP contribution in [-0.4, -0.2) is 27.3 Å². The molecule has 3 aromatic heterocycles. The van der Waals surface area contributed by atoms with Gasteiger partial charge < -0.3 is 14.5 Å². The van der Waals surface area contributed by atoms with E-state index >= 15 is 0 Å².